The average Bonchev–Trinajstić information content (AvgIpc) is 2.95. The second kappa shape index (κ2) is 7.47. The molecular weight excluding hydrogens is 268 g/mol. The summed E-state index contributed by atoms with van der Waals surface area (Å²) in [6, 6.07) is 11.2. The molecule has 2 rings (SSSR count). The van der Waals surface area contributed by atoms with Gasteiger partial charge in [0.1, 0.15) is 6.61 Å². The Morgan fingerprint density at radius 3 is 2.81 bits per heavy atom. The molecule has 5 heteroatoms. The molecule has 0 saturated carbocycles. The molecule has 1 aromatic heterocycles. The Labute approximate surface area is 124 Å². The molecule has 2 aromatic rings. The molecule has 1 amide bonds. The number of rotatable bonds is 7. The molecule has 21 heavy (non-hydrogen) atoms. The van der Waals surface area contributed by atoms with Gasteiger partial charge in [0.05, 0.1) is 6.07 Å². The van der Waals surface area contributed by atoms with Crippen LogP contribution in [0.3, 0.4) is 0 Å². The summed E-state index contributed by atoms with van der Waals surface area (Å²) >= 11 is 0. The summed E-state index contributed by atoms with van der Waals surface area (Å²) in [6.45, 7) is 5.23. The maximum absolute atomic E-state index is 11.8. The normalized spacial score (nSPS) is 10.6. The minimum atomic E-state index is -0.266. The summed E-state index contributed by atoms with van der Waals surface area (Å²) in [4.78, 5) is 11.8. The number of hydrogen-bond donors (Lipinski definition) is 1. The van der Waals surface area contributed by atoms with Crippen molar-refractivity contribution >= 4 is 5.91 Å². The molecule has 0 aliphatic rings. The van der Waals surface area contributed by atoms with E-state index in [0.29, 0.717) is 24.9 Å². The average molecular weight is 288 g/mol. The zero-order valence-corrected chi connectivity index (χ0v) is 12.3. The summed E-state index contributed by atoms with van der Waals surface area (Å²) in [5.41, 5.74) is 1.03. The number of carbonyl (C=O) groups excluding carboxylic acids is 1. The number of ether oxygens (including phenoxy) is 1. The molecule has 112 valence electrons. The highest BCUT2D eigenvalue weighted by Gasteiger charge is 2.13. The number of nitrogens with zero attached hydrogens (tertiary/aromatic N) is 1. The van der Waals surface area contributed by atoms with Crippen molar-refractivity contribution in [2.45, 2.75) is 26.9 Å². The lowest BCUT2D eigenvalue weighted by molar-refractivity contribution is 0.0914. The maximum atomic E-state index is 11.8. The van der Waals surface area contributed by atoms with Gasteiger partial charge in [0.15, 0.2) is 0 Å². The van der Waals surface area contributed by atoms with E-state index in [4.69, 9.17) is 9.26 Å². The second-order valence-corrected chi connectivity index (χ2v) is 5.24. The van der Waals surface area contributed by atoms with Crippen molar-refractivity contribution in [1.29, 1.82) is 0 Å². The molecule has 1 heterocycles. The van der Waals surface area contributed by atoms with Gasteiger partial charge < -0.3 is 14.6 Å². The Morgan fingerprint density at radius 2 is 2.10 bits per heavy atom. The first-order chi connectivity index (χ1) is 10.1. The third-order valence-electron chi connectivity index (χ3n) is 2.95. The Kier molecular flexibility index (Phi) is 5.37. The molecule has 5 nitrogen and oxygen atoms in total. The first-order valence-corrected chi connectivity index (χ1v) is 7.07. The van der Waals surface area contributed by atoms with Gasteiger partial charge in [-0.1, -0.05) is 44.2 Å². The van der Waals surface area contributed by atoms with E-state index in [9.17, 15) is 4.79 Å². The van der Waals surface area contributed by atoms with Crippen LogP contribution in [0.5, 0.6) is 5.88 Å². The molecule has 0 fully saturated rings. The molecule has 0 radical (unpaired) electrons. The van der Waals surface area contributed by atoms with E-state index in [-0.39, 0.29) is 11.7 Å². The van der Waals surface area contributed by atoms with E-state index >= 15 is 0 Å². The lowest BCUT2D eigenvalue weighted by Crippen LogP contribution is -2.24. The van der Waals surface area contributed by atoms with Gasteiger partial charge in [0.2, 0.25) is 5.76 Å². The lowest BCUT2D eigenvalue weighted by atomic mass is 10.1. The predicted molar refractivity (Wildman–Crippen MR) is 79.1 cm³/mol. The third-order valence-corrected chi connectivity index (χ3v) is 2.95. The van der Waals surface area contributed by atoms with Gasteiger partial charge in [-0.3, -0.25) is 4.79 Å². The third kappa shape index (κ3) is 4.95. The fourth-order valence-electron chi connectivity index (χ4n) is 1.73. The second-order valence-electron chi connectivity index (χ2n) is 5.24. The first-order valence-electron chi connectivity index (χ1n) is 7.07. The van der Waals surface area contributed by atoms with E-state index in [1.165, 1.54) is 6.07 Å². The summed E-state index contributed by atoms with van der Waals surface area (Å²) in [5, 5.41) is 6.53. The van der Waals surface area contributed by atoms with Crippen molar-refractivity contribution in [3.05, 3.63) is 47.7 Å². The zero-order chi connectivity index (χ0) is 15.1. The van der Waals surface area contributed by atoms with Gasteiger partial charge in [0, 0.05) is 6.54 Å². The zero-order valence-electron chi connectivity index (χ0n) is 12.3. The highest BCUT2D eigenvalue weighted by Crippen LogP contribution is 2.13. The number of aromatic nitrogens is 1. The number of benzene rings is 1. The van der Waals surface area contributed by atoms with Crippen LogP contribution < -0.4 is 10.1 Å². The first kappa shape index (κ1) is 15.1. The summed E-state index contributed by atoms with van der Waals surface area (Å²) in [6.07, 6.45) is 0.928. The van der Waals surface area contributed by atoms with Crippen LogP contribution in [0.4, 0.5) is 0 Å². The maximum Gasteiger partial charge on any atom is 0.290 e. The number of amides is 1. The number of carbonyl (C=O) groups is 1. The van der Waals surface area contributed by atoms with Crippen molar-refractivity contribution in [3.8, 4) is 5.88 Å². The van der Waals surface area contributed by atoms with Crippen LogP contribution >= 0.6 is 0 Å². The Balaban J connectivity index is 1.82. The summed E-state index contributed by atoms with van der Waals surface area (Å²) in [7, 11) is 0. The van der Waals surface area contributed by atoms with E-state index in [2.05, 4.69) is 24.3 Å². The smallest absolute Gasteiger partial charge is 0.290 e. The SMILES string of the molecule is CC(C)CCNC(=O)c1cc(OCc2ccccc2)no1. The van der Waals surface area contributed by atoms with Crippen LogP contribution in [-0.4, -0.2) is 17.6 Å². The van der Waals surface area contributed by atoms with Gasteiger partial charge >= 0.3 is 0 Å². The molecule has 0 saturated heterocycles. The Bertz CT molecular complexity index is 564. The van der Waals surface area contributed by atoms with Gasteiger partial charge in [-0.05, 0) is 23.1 Å². The van der Waals surface area contributed by atoms with Crippen LogP contribution in [-0.2, 0) is 6.61 Å². The Hall–Kier alpha value is -2.30. The van der Waals surface area contributed by atoms with E-state index < -0.39 is 0 Å². The van der Waals surface area contributed by atoms with Crippen LogP contribution in [0, 0.1) is 5.92 Å². The summed E-state index contributed by atoms with van der Waals surface area (Å²) in [5.74, 6) is 0.761. The van der Waals surface area contributed by atoms with Crippen LogP contribution in [0.2, 0.25) is 0 Å². The molecule has 0 aliphatic carbocycles. The van der Waals surface area contributed by atoms with Gasteiger partial charge in [-0.25, -0.2) is 0 Å². The number of hydrogen-bond acceptors (Lipinski definition) is 4. The molecule has 0 bridgehead atoms. The quantitative estimate of drug-likeness (QED) is 0.850. The largest absolute Gasteiger partial charge is 0.471 e. The molecule has 1 aromatic carbocycles. The van der Waals surface area contributed by atoms with Gasteiger partial charge in [-0.15, -0.1) is 0 Å². The topological polar surface area (TPSA) is 64.4 Å². The van der Waals surface area contributed by atoms with Crippen molar-refractivity contribution in [2.75, 3.05) is 6.54 Å². The fraction of sp³-hybridized carbons (Fsp3) is 0.375. The van der Waals surface area contributed by atoms with Crippen molar-refractivity contribution < 1.29 is 14.1 Å². The molecule has 0 unspecified atom stereocenters. The Morgan fingerprint density at radius 1 is 1.33 bits per heavy atom. The van der Waals surface area contributed by atoms with Crippen molar-refractivity contribution in [2.24, 2.45) is 5.92 Å². The van der Waals surface area contributed by atoms with Crippen LogP contribution in [0.1, 0.15) is 36.4 Å². The molecular formula is C16H20N2O3. The highest BCUT2D eigenvalue weighted by atomic mass is 16.5. The molecule has 0 spiro atoms. The fourth-order valence-corrected chi connectivity index (χ4v) is 1.73. The summed E-state index contributed by atoms with van der Waals surface area (Å²) < 4.78 is 10.5. The van der Waals surface area contributed by atoms with Gasteiger partial charge in [-0.2, -0.15) is 0 Å². The van der Waals surface area contributed by atoms with Crippen LogP contribution in [0.25, 0.3) is 0 Å². The lowest BCUT2D eigenvalue weighted by Gasteiger charge is -2.04. The van der Waals surface area contributed by atoms with E-state index in [1.807, 2.05) is 30.3 Å². The minimum absolute atomic E-state index is 0.168. The molecule has 0 aliphatic heterocycles. The number of nitrogens with one attached hydrogen (secondary N) is 1. The van der Waals surface area contributed by atoms with Gasteiger partial charge in [0.25, 0.3) is 11.8 Å². The van der Waals surface area contributed by atoms with E-state index in [1.54, 1.807) is 0 Å². The monoisotopic (exact) mass is 288 g/mol. The predicted octanol–water partition coefficient (Wildman–Crippen LogP) is 3.03. The highest BCUT2D eigenvalue weighted by molar-refractivity contribution is 5.91. The van der Waals surface area contributed by atoms with Crippen molar-refractivity contribution in [1.82, 2.24) is 10.5 Å². The minimum Gasteiger partial charge on any atom is -0.471 e. The molecule has 1 N–H and O–H groups in total. The van der Waals surface area contributed by atoms with E-state index in [0.717, 1.165) is 12.0 Å². The van der Waals surface area contributed by atoms with Crippen molar-refractivity contribution in [3.63, 3.8) is 0 Å². The molecule has 0 atom stereocenters. The van der Waals surface area contributed by atoms with Crippen LogP contribution in [0.15, 0.2) is 40.9 Å². The standard InChI is InChI=1S/C16H20N2O3/c1-12(2)8-9-17-16(19)14-10-15(18-21-14)20-11-13-6-4-3-5-7-13/h3-7,10,12H,8-9,11H2,1-2H3,(H,17,19).